The van der Waals surface area contributed by atoms with Crippen LogP contribution in [0.4, 0.5) is 5.69 Å². The summed E-state index contributed by atoms with van der Waals surface area (Å²) in [6, 6.07) is 7.61. The first-order chi connectivity index (χ1) is 10.1. The summed E-state index contributed by atoms with van der Waals surface area (Å²) in [7, 11) is 0. The maximum Gasteiger partial charge on any atom is 0.0415 e. The van der Waals surface area contributed by atoms with Gasteiger partial charge in [-0.05, 0) is 67.8 Å². The molecule has 116 valence electrons. The maximum atomic E-state index is 3.64. The van der Waals surface area contributed by atoms with Crippen LogP contribution in [0.5, 0.6) is 0 Å². The van der Waals surface area contributed by atoms with Crippen molar-refractivity contribution in [3.05, 3.63) is 28.2 Å². The molecule has 0 aliphatic heterocycles. The number of nitrogens with one attached hydrogen (secondary N) is 1. The standard InChI is InChI=1S/C18H27BrN2/c1-13(2)10-20-11-15-9-16(19)5-8-18(15)21(17-6-7-17)12-14-3-4-14/h5,8-9,13-14,17,20H,3-4,6-7,10-12H2,1-2H3. The van der Waals surface area contributed by atoms with Gasteiger partial charge in [-0.25, -0.2) is 0 Å². The molecule has 2 saturated carbocycles. The fraction of sp³-hybridized carbons (Fsp3) is 0.667. The molecule has 1 aromatic rings. The van der Waals surface area contributed by atoms with Crippen molar-refractivity contribution in [2.45, 2.75) is 52.1 Å². The van der Waals surface area contributed by atoms with Crippen LogP contribution in [0, 0.1) is 11.8 Å². The summed E-state index contributed by atoms with van der Waals surface area (Å²) in [5, 5.41) is 3.60. The number of anilines is 1. The zero-order valence-corrected chi connectivity index (χ0v) is 14.8. The van der Waals surface area contributed by atoms with Crippen LogP contribution in [-0.4, -0.2) is 19.1 Å². The van der Waals surface area contributed by atoms with E-state index in [1.165, 1.54) is 48.0 Å². The predicted molar refractivity (Wildman–Crippen MR) is 93.8 cm³/mol. The lowest BCUT2D eigenvalue weighted by atomic mass is 10.1. The van der Waals surface area contributed by atoms with Gasteiger partial charge in [0.15, 0.2) is 0 Å². The molecule has 0 saturated heterocycles. The number of hydrogen-bond donors (Lipinski definition) is 1. The second-order valence-electron chi connectivity index (χ2n) is 7.12. The van der Waals surface area contributed by atoms with Gasteiger partial charge in [-0.3, -0.25) is 0 Å². The Morgan fingerprint density at radius 3 is 2.62 bits per heavy atom. The van der Waals surface area contributed by atoms with E-state index in [9.17, 15) is 0 Å². The van der Waals surface area contributed by atoms with Crippen molar-refractivity contribution in [2.24, 2.45) is 11.8 Å². The Labute approximate surface area is 137 Å². The molecular weight excluding hydrogens is 324 g/mol. The Morgan fingerprint density at radius 2 is 2.00 bits per heavy atom. The second-order valence-corrected chi connectivity index (χ2v) is 8.04. The fourth-order valence-electron chi connectivity index (χ4n) is 2.88. The highest BCUT2D eigenvalue weighted by molar-refractivity contribution is 9.10. The molecule has 0 bridgehead atoms. The second kappa shape index (κ2) is 6.70. The van der Waals surface area contributed by atoms with Crippen molar-refractivity contribution in [1.29, 1.82) is 0 Å². The van der Waals surface area contributed by atoms with E-state index in [-0.39, 0.29) is 0 Å². The van der Waals surface area contributed by atoms with Crippen molar-refractivity contribution < 1.29 is 0 Å². The lowest BCUT2D eigenvalue weighted by molar-refractivity contribution is 0.551. The monoisotopic (exact) mass is 350 g/mol. The van der Waals surface area contributed by atoms with E-state index in [2.05, 4.69) is 58.2 Å². The van der Waals surface area contributed by atoms with Gasteiger partial charge in [-0.1, -0.05) is 29.8 Å². The number of benzene rings is 1. The third kappa shape index (κ3) is 4.46. The van der Waals surface area contributed by atoms with Crippen molar-refractivity contribution in [3.8, 4) is 0 Å². The lowest BCUT2D eigenvalue weighted by Gasteiger charge is -2.28. The smallest absolute Gasteiger partial charge is 0.0415 e. The van der Waals surface area contributed by atoms with Gasteiger partial charge < -0.3 is 10.2 Å². The van der Waals surface area contributed by atoms with Crippen LogP contribution in [0.2, 0.25) is 0 Å². The minimum Gasteiger partial charge on any atom is -0.368 e. The number of hydrogen-bond acceptors (Lipinski definition) is 2. The Morgan fingerprint density at radius 1 is 1.24 bits per heavy atom. The molecule has 0 radical (unpaired) electrons. The van der Waals surface area contributed by atoms with E-state index >= 15 is 0 Å². The van der Waals surface area contributed by atoms with Gasteiger partial charge in [0.25, 0.3) is 0 Å². The fourth-order valence-corrected chi connectivity index (χ4v) is 3.29. The molecule has 0 unspecified atom stereocenters. The molecule has 21 heavy (non-hydrogen) atoms. The van der Waals surface area contributed by atoms with Crippen LogP contribution in [0.25, 0.3) is 0 Å². The molecule has 1 aromatic carbocycles. The van der Waals surface area contributed by atoms with Gasteiger partial charge in [-0.2, -0.15) is 0 Å². The topological polar surface area (TPSA) is 15.3 Å². The van der Waals surface area contributed by atoms with Gasteiger partial charge >= 0.3 is 0 Å². The van der Waals surface area contributed by atoms with Crippen molar-refractivity contribution >= 4 is 21.6 Å². The molecule has 2 aliphatic rings. The van der Waals surface area contributed by atoms with E-state index < -0.39 is 0 Å². The van der Waals surface area contributed by atoms with Crippen molar-refractivity contribution in [2.75, 3.05) is 18.0 Å². The van der Waals surface area contributed by atoms with Gasteiger partial charge in [-0.15, -0.1) is 0 Å². The lowest BCUT2D eigenvalue weighted by Crippen LogP contribution is -2.30. The van der Waals surface area contributed by atoms with E-state index in [4.69, 9.17) is 0 Å². The first kappa shape index (κ1) is 15.4. The summed E-state index contributed by atoms with van der Waals surface area (Å²) in [6.45, 7) is 7.85. The zero-order chi connectivity index (χ0) is 14.8. The summed E-state index contributed by atoms with van der Waals surface area (Å²) >= 11 is 3.64. The minimum atomic E-state index is 0.701. The van der Waals surface area contributed by atoms with Crippen molar-refractivity contribution in [3.63, 3.8) is 0 Å². The average molecular weight is 351 g/mol. The molecule has 0 amide bonds. The van der Waals surface area contributed by atoms with Crippen LogP contribution in [0.1, 0.15) is 45.1 Å². The van der Waals surface area contributed by atoms with Gasteiger partial charge in [0.2, 0.25) is 0 Å². The van der Waals surface area contributed by atoms with Crippen LogP contribution in [0.3, 0.4) is 0 Å². The highest BCUT2D eigenvalue weighted by Gasteiger charge is 2.34. The zero-order valence-electron chi connectivity index (χ0n) is 13.2. The highest BCUT2D eigenvalue weighted by atomic mass is 79.9. The largest absolute Gasteiger partial charge is 0.368 e. The summed E-state index contributed by atoms with van der Waals surface area (Å²) < 4.78 is 1.19. The number of halogens is 1. The van der Waals surface area contributed by atoms with Crippen LogP contribution in [-0.2, 0) is 6.54 Å². The summed E-state index contributed by atoms with van der Waals surface area (Å²) in [5.74, 6) is 1.65. The molecule has 0 heterocycles. The van der Waals surface area contributed by atoms with Crippen molar-refractivity contribution in [1.82, 2.24) is 5.32 Å². The Balaban J connectivity index is 1.74. The molecule has 0 atom stereocenters. The highest BCUT2D eigenvalue weighted by Crippen LogP contribution is 2.39. The van der Waals surface area contributed by atoms with E-state index in [1.807, 2.05) is 0 Å². The maximum absolute atomic E-state index is 3.64. The quantitative estimate of drug-likeness (QED) is 0.738. The average Bonchev–Trinajstić information content (AvgIpc) is 3.30. The molecule has 3 rings (SSSR count). The first-order valence-electron chi connectivity index (χ1n) is 8.39. The van der Waals surface area contributed by atoms with Gasteiger partial charge in [0.1, 0.15) is 0 Å². The van der Waals surface area contributed by atoms with Gasteiger partial charge in [0, 0.05) is 29.3 Å². The molecular formula is C18H27BrN2. The molecule has 3 heteroatoms. The predicted octanol–water partition coefficient (Wildman–Crippen LogP) is 4.57. The number of nitrogens with zero attached hydrogens (tertiary/aromatic N) is 1. The Hall–Kier alpha value is -0.540. The van der Waals surface area contributed by atoms with Gasteiger partial charge in [0.05, 0.1) is 0 Å². The van der Waals surface area contributed by atoms with E-state index in [0.717, 1.165) is 25.0 Å². The normalized spacial score (nSPS) is 18.3. The third-order valence-corrected chi connectivity index (χ3v) is 4.85. The summed E-state index contributed by atoms with van der Waals surface area (Å²) in [4.78, 5) is 2.69. The molecule has 2 fully saturated rings. The minimum absolute atomic E-state index is 0.701. The Bertz CT molecular complexity index is 478. The van der Waals surface area contributed by atoms with Crippen LogP contribution < -0.4 is 10.2 Å². The third-order valence-electron chi connectivity index (χ3n) is 4.36. The molecule has 0 aromatic heterocycles. The van der Waals surface area contributed by atoms with Crippen LogP contribution >= 0.6 is 15.9 Å². The molecule has 1 N–H and O–H groups in total. The number of rotatable bonds is 8. The molecule has 2 aliphatic carbocycles. The Kier molecular flexibility index (Phi) is 4.90. The summed E-state index contributed by atoms with van der Waals surface area (Å²) in [6.07, 6.45) is 5.62. The van der Waals surface area contributed by atoms with E-state index in [1.54, 1.807) is 0 Å². The summed E-state index contributed by atoms with van der Waals surface area (Å²) in [5.41, 5.74) is 2.90. The first-order valence-corrected chi connectivity index (χ1v) is 9.18. The van der Waals surface area contributed by atoms with E-state index in [0.29, 0.717) is 5.92 Å². The molecule has 2 nitrogen and oxygen atoms in total. The van der Waals surface area contributed by atoms with Crippen LogP contribution in [0.15, 0.2) is 22.7 Å². The molecule has 0 spiro atoms. The SMILES string of the molecule is CC(C)CNCc1cc(Br)ccc1N(CC1CC1)C1CC1.